The number of hydrogen-bond donors (Lipinski definition) is 0. The first-order valence-corrected chi connectivity index (χ1v) is 5.41. The monoisotopic (exact) mass is 168 g/mol. The molecule has 0 heterocycles. The minimum atomic E-state index is 0.797. The van der Waals surface area contributed by atoms with E-state index in [4.69, 9.17) is 0 Å². The van der Waals surface area contributed by atoms with Gasteiger partial charge in [-0.2, -0.15) is 0 Å². The van der Waals surface area contributed by atoms with Gasteiger partial charge in [0.15, 0.2) is 0 Å². The predicted octanol–water partition coefficient (Wildman–Crippen LogP) is 3.21. The number of hydrogen-bond acceptors (Lipinski definition) is 1. The second-order valence-electron chi connectivity index (χ2n) is 3.96. The molecular weight excluding hydrogens is 146 g/mol. The second kappa shape index (κ2) is 5.58. The molecule has 1 fully saturated rings. The van der Waals surface area contributed by atoms with E-state index in [9.17, 15) is 0 Å². The molecule has 0 spiro atoms. The summed E-state index contributed by atoms with van der Waals surface area (Å²) in [5.74, 6) is 0. The normalized spacial score (nSPS) is 20.2. The molecule has 1 aliphatic carbocycles. The van der Waals surface area contributed by atoms with Gasteiger partial charge >= 0.3 is 0 Å². The molecule has 1 heteroatoms. The number of rotatable bonds is 4. The average molecular weight is 168 g/mol. The summed E-state index contributed by atoms with van der Waals surface area (Å²) in [5.41, 5.74) is 0. The van der Waals surface area contributed by atoms with Gasteiger partial charge in [-0.25, -0.2) is 0 Å². The lowest BCUT2D eigenvalue weighted by molar-refractivity contribution is 0.211. The molecule has 1 saturated carbocycles. The Labute approximate surface area is 77.1 Å². The molecular formula is C11H22N. The third-order valence-electron chi connectivity index (χ3n) is 2.89. The Hall–Kier alpha value is -0.0400. The molecule has 0 saturated heterocycles. The van der Waals surface area contributed by atoms with Gasteiger partial charge < -0.3 is 0 Å². The van der Waals surface area contributed by atoms with Crippen LogP contribution in [-0.2, 0) is 0 Å². The minimum Gasteiger partial charge on any atom is -0.299 e. The molecule has 0 atom stereocenters. The van der Waals surface area contributed by atoms with Gasteiger partial charge in [0.2, 0.25) is 0 Å². The van der Waals surface area contributed by atoms with Gasteiger partial charge in [-0.05, 0) is 25.8 Å². The molecule has 0 aromatic heterocycles. The maximum atomic E-state index is 4.13. The number of unbranched alkanes of at least 4 members (excludes halogenated alkanes) is 1. The van der Waals surface area contributed by atoms with E-state index < -0.39 is 0 Å². The van der Waals surface area contributed by atoms with E-state index in [1.165, 1.54) is 51.5 Å². The third kappa shape index (κ3) is 3.14. The summed E-state index contributed by atoms with van der Waals surface area (Å²) in [6.07, 6.45) is 9.64. The van der Waals surface area contributed by atoms with E-state index in [0.29, 0.717) is 0 Å². The summed E-state index contributed by atoms with van der Waals surface area (Å²) in [4.78, 5) is 2.32. The van der Waals surface area contributed by atoms with Crippen LogP contribution >= 0.6 is 0 Å². The standard InChI is InChI=1S/C11H22N/c1-3-4-10-12(2)11-8-6-5-7-9-11/h11H,2-10H2,1H3. The molecule has 0 unspecified atom stereocenters. The van der Waals surface area contributed by atoms with Crippen molar-refractivity contribution in [3.8, 4) is 0 Å². The Morgan fingerprint density at radius 2 is 1.92 bits per heavy atom. The van der Waals surface area contributed by atoms with Crippen LogP contribution in [0.15, 0.2) is 0 Å². The van der Waals surface area contributed by atoms with E-state index >= 15 is 0 Å². The Morgan fingerprint density at radius 1 is 1.25 bits per heavy atom. The Kier molecular flexibility index (Phi) is 4.67. The Bertz CT molecular complexity index is 106. The van der Waals surface area contributed by atoms with Crippen molar-refractivity contribution in [2.75, 3.05) is 6.54 Å². The lowest BCUT2D eigenvalue weighted by atomic mass is 9.94. The van der Waals surface area contributed by atoms with Crippen LogP contribution in [0.1, 0.15) is 51.9 Å². The van der Waals surface area contributed by atoms with E-state index in [0.717, 1.165) is 6.04 Å². The molecule has 0 N–H and O–H groups in total. The number of nitrogens with zero attached hydrogens (tertiary/aromatic N) is 1. The zero-order chi connectivity index (χ0) is 8.81. The first kappa shape index (κ1) is 10.0. The maximum Gasteiger partial charge on any atom is 0.0112 e. The van der Waals surface area contributed by atoms with E-state index in [1.54, 1.807) is 0 Å². The lowest BCUT2D eigenvalue weighted by Gasteiger charge is -2.30. The summed E-state index contributed by atoms with van der Waals surface area (Å²) in [6, 6.07) is 0.797. The van der Waals surface area contributed by atoms with Crippen molar-refractivity contribution in [1.82, 2.24) is 4.90 Å². The van der Waals surface area contributed by atoms with Crippen LogP contribution in [0.2, 0.25) is 0 Å². The third-order valence-corrected chi connectivity index (χ3v) is 2.89. The van der Waals surface area contributed by atoms with Gasteiger partial charge in [0.1, 0.15) is 0 Å². The highest BCUT2D eigenvalue weighted by atomic mass is 15.1. The maximum absolute atomic E-state index is 4.13. The Morgan fingerprint density at radius 3 is 2.50 bits per heavy atom. The molecule has 0 aromatic rings. The van der Waals surface area contributed by atoms with Crippen molar-refractivity contribution in [3.05, 3.63) is 7.05 Å². The molecule has 12 heavy (non-hydrogen) atoms. The Balaban J connectivity index is 2.15. The fraction of sp³-hybridized carbons (Fsp3) is 0.909. The van der Waals surface area contributed by atoms with Gasteiger partial charge in [0, 0.05) is 13.1 Å². The largest absolute Gasteiger partial charge is 0.299 e. The second-order valence-corrected chi connectivity index (χ2v) is 3.96. The van der Waals surface area contributed by atoms with Crippen LogP contribution in [0.25, 0.3) is 0 Å². The zero-order valence-corrected chi connectivity index (χ0v) is 8.39. The summed E-state index contributed by atoms with van der Waals surface area (Å²) >= 11 is 0. The topological polar surface area (TPSA) is 3.24 Å². The molecule has 1 rings (SSSR count). The van der Waals surface area contributed by atoms with Crippen LogP contribution in [0, 0.1) is 7.05 Å². The van der Waals surface area contributed by atoms with Gasteiger partial charge in [-0.15, -0.1) is 0 Å². The van der Waals surface area contributed by atoms with Gasteiger partial charge in [0.25, 0.3) is 0 Å². The van der Waals surface area contributed by atoms with Crippen LogP contribution in [-0.4, -0.2) is 17.5 Å². The summed E-state index contributed by atoms with van der Waals surface area (Å²) in [6.45, 7) is 3.44. The molecule has 0 amide bonds. The van der Waals surface area contributed by atoms with Crippen molar-refractivity contribution in [1.29, 1.82) is 0 Å². The molecule has 0 aliphatic heterocycles. The summed E-state index contributed by atoms with van der Waals surface area (Å²) in [5, 5.41) is 0. The van der Waals surface area contributed by atoms with Gasteiger partial charge in [0.05, 0.1) is 0 Å². The van der Waals surface area contributed by atoms with Gasteiger partial charge in [-0.1, -0.05) is 32.6 Å². The quantitative estimate of drug-likeness (QED) is 0.623. The highest BCUT2D eigenvalue weighted by Crippen LogP contribution is 2.22. The molecule has 1 aliphatic rings. The van der Waals surface area contributed by atoms with Crippen molar-refractivity contribution in [2.45, 2.75) is 57.9 Å². The van der Waals surface area contributed by atoms with Crippen molar-refractivity contribution in [3.63, 3.8) is 0 Å². The fourth-order valence-corrected chi connectivity index (χ4v) is 1.99. The van der Waals surface area contributed by atoms with Crippen LogP contribution in [0.4, 0.5) is 0 Å². The van der Waals surface area contributed by atoms with Crippen LogP contribution in [0.3, 0.4) is 0 Å². The van der Waals surface area contributed by atoms with Crippen molar-refractivity contribution >= 4 is 0 Å². The van der Waals surface area contributed by atoms with Crippen molar-refractivity contribution < 1.29 is 0 Å². The highest BCUT2D eigenvalue weighted by Gasteiger charge is 2.16. The highest BCUT2D eigenvalue weighted by molar-refractivity contribution is 4.74. The van der Waals surface area contributed by atoms with E-state index in [2.05, 4.69) is 18.9 Å². The lowest BCUT2D eigenvalue weighted by Crippen LogP contribution is -2.32. The SMILES string of the molecule is [CH2]N(CCCC)C1CCCCC1. The zero-order valence-electron chi connectivity index (χ0n) is 8.39. The summed E-state index contributed by atoms with van der Waals surface area (Å²) in [7, 11) is 4.13. The van der Waals surface area contributed by atoms with E-state index in [1.807, 2.05) is 0 Å². The van der Waals surface area contributed by atoms with Crippen LogP contribution < -0.4 is 0 Å². The average Bonchev–Trinajstić information content (AvgIpc) is 2.15. The van der Waals surface area contributed by atoms with Crippen molar-refractivity contribution in [2.24, 2.45) is 0 Å². The van der Waals surface area contributed by atoms with Crippen LogP contribution in [0.5, 0.6) is 0 Å². The minimum absolute atomic E-state index is 0.797. The predicted molar refractivity (Wildman–Crippen MR) is 53.8 cm³/mol. The molecule has 0 aromatic carbocycles. The van der Waals surface area contributed by atoms with E-state index in [-0.39, 0.29) is 0 Å². The first-order valence-electron chi connectivity index (χ1n) is 5.41. The summed E-state index contributed by atoms with van der Waals surface area (Å²) < 4.78 is 0. The smallest absolute Gasteiger partial charge is 0.0112 e. The molecule has 0 bridgehead atoms. The fourth-order valence-electron chi connectivity index (χ4n) is 1.99. The molecule has 1 radical (unpaired) electrons. The first-order chi connectivity index (χ1) is 5.84. The molecule has 71 valence electrons. The van der Waals surface area contributed by atoms with Gasteiger partial charge in [-0.3, -0.25) is 4.90 Å². The molecule has 1 nitrogen and oxygen atoms in total.